The molecule has 1 N–H and O–H groups in total. The van der Waals surface area contributed by atoms with Crippen LogP contribution in [0.5, 0.6) is 0 Å². The summed E-state index contributed by atoms with van der Waals surface area (Å²) in [5, 5.41) is 2.70. The molecule has 2 heteroatoms. The molecule has 1 aromatic rings. The molecule has 0 aromatic heterocycles. The fraction of sp³-hybridized carbons (Fsp3) is 0.250. The van der Waals surface area contributed by atoms with Gasteiger partial charge in [-0.2, -0.15) is 0 Å². The number of rotatable bonds is 2. The monoisotopic (exact) mass is 185 g/mol. The number of hydrogen-bond acceptors (Lipinski definition) is 1. The fourth-order valence-corrected chi connectivity index (χ4v) is 1.75. The molecule has 2 rings (SSSR count). The van der Waals surface area contributed by atoms with Gasteiger partial charge in [-0.3, -0.25) is 4.79 Å². The van der Waals surface area contributed by atoms with Crippen molar-refractivity contribution < 1.29 is 4.79 Å². The molecule has 0 aliphatic heterocycles. The van der Waals surface area contributed by atoms with Gasteiger partial charge in [0.05, 0.1) is 12.5 Å². The largest absolute Gasteiger partial charge is 0.345 e. The molecule has 0 bridgehead atoms. The number of fused-ring (bicyclic) bond motifs is 1. The van der Waals surface area contributed by atoms with Crippen molar-refractivity contribution in [3.05, 3.63) is 35.4 Å². The molecule has 0 saturated heterocycles. The first kappa shape index (κ1) is 8.83. The quantitative estimate of drug-likeness (QED) is 0.686. The molecule has 0 heterocycles. The topological polar surface area (TPSA) is 29.1 Å². The van der Waals surface area contributed by atoms with E-state index in [1.54, 1.807) is 0 Å². The second-order valence-corrected chi connectivity index (χ2v) is 3.38. The molecule has 1 atom stereocenters. The third-order valence-corrected chi connectivity index (χ3v) is 2.54. The molecule has 1 amide bonds. The summed E-state index contributed by atoms with van der Waals surface area (Å²) in [7, 11) is 0. The Balaban J connectivity index is 2.05. The van der Waals surface area contributed by atoms with Gasteiger partial charge in [0.1, 0.15) is 0 Å². The minimum atomic E-state index is 0.0135. The van der Waals surface area contributed by atoms with Crippen molar-refractivity contribution >= 4 is 5.91 Å². The van der Waals surface area contributed by atoms with Crippen LogP contribution >= 0.6 is 0 Å². The molecule has 14 heavy (non-hydrogen) atoms. The van der Waals surface area contributed by atoms with E-state index in [2.05, 4.69) is 17.3 Å². The number of carbonyl (C=O) groups excluding carboxylic acids is 1. The Morgan fingerprint density at radius 3 is 3.07 bits per heavy atom. The lowest BCUT2D eigenvalue weighted by Gasteiger charge is -2.28. The Morgan fingerprint density at radius 1 is 1.57 bits per heavy atom. The molecule has 0 saturated carbocycles. The van der Waals surface area contributed by atoms with E-state index >= 15 is 0 Å². The highest BCUT2D eigenvalue weighted by Gasteiger charge is 2.31. The number of nitrogens with one attached hydrogen (secondary N) is 1. The zero-order valence-electron chi connectivity index (χ0n) is 7.79. The van der Waals surface area contributed by atoms with E-state index in [0.29, 0.717) is 6.54 Å². The summed E-state index contributed by atoms with van der Waals surface area (Å²) >= 11 is 0. The van der Waals surface area contributed by atoms with Crippen molar-refractivity contribution in [1.82, 2.24) is 5.32 Å². The van der Waals surface area contributed by atoms with E-state index in [1.165, 1.54) is 5.56 Å². The van der Waals surface area contributed by atoms with Crippen LogP contribution in [0.25, 0.3) is 0 Å². The van der Waals surface area contributed by atoms with Crippen LogP contribution in [0, 0.1) is 12.3 Å². The molecule has 2 nitrogen and oxygen atoms in total. The van der Waals surface area contributed by atoms with Gasteiger partial charge in [0.25, 0.3) is 0 Å². The van der Waals surface area contributed by atoms with E-state index in [9.17, 15) is 4.79 Å². The average molecular weight is 185 g/mol. The Labute approximate surface area is 83.3 Å². The van der Waals surface area contributed by atoms with E-state index in [4.69, 9.17) is 6.42 Å². The van der Waals surface area contributed by atoms with Crippen LogP contribution < -0.4 is 5.32 Å². The summed E-state index contributed by atoms with van der Waals surface area (Å²) in [4.78, 5) is 11.5. The van der Waals surface area contributed by atoms with Crippen LogP contribution in [0.1, 0.15) is 17.0 Å². The summed E-state index contributed by atoms with van der Waals surface area (Å²) < 4.78 is 0. The first-order valence-electron chi connectivity index (χ1n) is 4.62. The highest BCUT2D eigenvalue weighted by molar-refractivity contribution is 5.86. The van der Waals surface area contributed by atoms with Crippen molar-refractivity contribution in [3.63, 3.8) is 0 Å². The summed E-state index contributed by atoms with van der Waals surface area (Å²) in [5.74, 6) is 2.45. The molecule has 1 aliphatic rings. The lowest BCUT2D eigenvalue weighted by Crippen LogP contribution is -2.35. The maximum absolute atomic E-state index is 11.5. The first-order valence-corrected chi connectivity index (χ1v) is 4.62. The van der Waals surface area contributed by atoms with E-state index in [0.717, 1.165) is 12.0 Å². The lowest BCUT2D eigenvalue weighted by molar-refractivity contribution is -0.122. The molecule has 0 spiro atoms. The second kappa shape index (κ2) is 3.55. The molecular weight excluding hydrogens is 174 g/mol. The van der Waals surface area contributed by atoms with Gasteiger partial charge in [-0.15, -0.1) is 6.42 Å². The van der Waals surface area contributed by atoms with Gasteiger partial charge >= 0.3 is 0 Å². The number of carbonyl (C=O) groups is 1. The zero-order chi connectivity index (χ0) is 9.97. The molecule has 1 aliphatic carbocycles. The van der Waals surface area contributed by atoms with Gasteiger partial charge in [-0.1, -0.05) is 30.2 Å². The van der Waals surface area contributed by atoms with Crippen LogP contribution in [0.15, 0.2) is 24.3 Å². The van der Waals surface area contributed by atoms with Gasteiger partial charge in [-0.25, -0.2) is 0 Å². The van der Waals surface area contributed by atoms with Crippen LogP contribution in [-0.2, 0) is 11.2 Å². The number of terminal acetylenes is 1. The molecule has 0 fully saturated rings. The predicted molar refractivity (Wildman–Crippen MR) is 54.7 cm³/mol. The normalized spacial score (nSPS) is 17.5. The Bertz CT molecular complexity index is 403. The highest BCUT2D eigenvalue weighted by atomic mass is 16.1. The SMILES string of the molecule is C#CCNC(=O)C1Cc2ccccc21. The highest BCUT2D eigenvalue weighted by Crippen LogP contribution is 2.34. The Morgan fingerprint density at radius 2 is 2.36 bits per heavy atom. The average Bonchev–Trinajstić information content (AvgIpc) is 2.17. The van der Waals surface area contributed by atoms with E-state index in [-0.39, 0.29) is 11.8 Å². The Kier molecular flexibility index (Phi) is 2.24. The standard InChI is InChI=1S/C12H11NO/c1-2-7-13-12(14)11-8-9-5-3-4-6-10(9)11/h1,3-6,11H,7-8H2,(H,13,14). The predicted octanol–water partition coefficient (Wildman–Crippen LogP) is 1.08. The van der Waals surface area contributed by atoms with Crippen LogP contribution in [0.2, 0.25) is 0 Å². The van der Waals surface area contributed by atoms with Crippen LogP contribution in [0.4, 0.5) is 0 Å². The minimum Gasteiger partial charge on any atom is -0.345 e. The van der Waals surface area contributed by atoms with Crippen molar-refractivity contribution in [1.29, 1.82) is 0 Å². The summed E-state index contributed by atoms with van der Waals surface area (Å²) in [6.45, 7) is 0.317. The molecule has 0 radical (unpaired) electrons. The first-order chi connectivity index (χ1) is 6.83. The van der Waals surface area contributed by atoms with E-state index < -0.39 is 0 Å². The van der Waals surface area contributed by atoms with Gasteiger partial charge in [0.15, 0.2) is 0 Å². The number of benzene rings is 1. The second-order valence-electron chi connectivity index (χ2n) is 3.38. The van der Waals surface area contributed by atoms with Crippen molar-refractivity contribution in [2.24, 2.45) is 0 Å². The Hall–Kier alpha value is -1.75. The third-order valence-electron chi connectivity index (χ3n) is 2.54. The van der Waals surface area contributed by atoms with Crippen molar-refractivity contribution in [2.75, 3.05) is 6.54 Å². The summed E-state index contributed by atoms with van der Waals surface area (Å²) in [6, 6.07) is 8.01. The smallest absolute Gasteiger partial charge is 0.228 e. The molecular formula is C12H11NO. The van der Waals surface area contributed by atoms with Gasteiger partial charge < -0.3 is 5.32 Å². The fourth-order valence-electron chi connectivity index (χ4n) is 1.75. The summed E-state index contributed by atoms with van der Waals surface area (Å²) in [6.07, 6.45) is 5.91. The maximum Gasteiger partial charge on any atom is 0.228 e. The number of amides is 1. The van der Waals surface area contributed by atoms with Crippen molar-refractivity contribution in [2.45, 2.75) is 12.3 Å². The van der Waals surface area contributed by atoms with Gasteiger partial charge in [-0.05, 0) is 17.5 Å². The van der Waals surface area contributed by atoms with Crippen LogP contribution in [0.3, 0.4) is 0 Å². The lowest BCUT2D eigenvalue weighted by atomic mass is 9.77. The maximum atomic E-state index is 11.5. The molecule has 1 unspecified atom stereocenters. The van der Waals surface area contributed by atoms with E-state index in [1.807, 2.05) is 18.2 Å². The minimum absolute atomic E-state index is 0.0135. The third kappa shape index (κ3) is 1.38. The van der Waals surface area contributed by atoms with Crippen LogP contribution in [-0.4, -0.2) is 12.5 Å². The van der Waals surface area contributed by atoms with Gasteiger partial charge in [0.2, 0.25) is 5.91 Å². The van der Waals surface area contributed by atoms with Gasteiger partial charge in [0, 0.05) is 0 Å². The summed E-state index contributed by atoms with van der Waals surface area (Å²) in [5.41, 5.74) is 2.41. The molecule has 70 valence electrons. The number of hydrogen-bond donors (Lipinski definition) is 1. The van der Waals surface area contributed by atoms with Crippen molar-refractivity contribution in [3.8, 4) is 12.3 Å². The zero-order valence-corrected chi connectivity index (χ0v) is 7.79. The molecule has 1 aromatic carbocycles.